The fourth-order valence-electron chi connectivity index (χ4n) is 6.10. The fourth-order valence-corrected chi connectivity index (χ4v) is 6.10. The number of aromatic nitrogens is 4. The molecule has 256 valence electrons. The van der Waals surface area contributed by atoms with Gasteiger partial charge in [0.25, 0.3) is 0 Å². The van der Waals surface area contributed by atoms with Crippen LogP contribution < -0.4 is 0 Å². The molecule has 5 heteroatoms. The maximum absolute atomic E-state index is 12.8. The number of hydrogen-bond acceptors (Lipinski definition) is 5. The van der Waals surface area contributed by atoms with Gasteiger partial charge in [0.1, 0.15) is 0 Å². The third-order valence-electron chi connectivity index (χ3n) is 9.37. The highest BCUT2D eigenvalue weighted by Gasteiger charge is 2.18. The Hall–Kier alpha value is -6.07. The summed E-state index contributed by atoms with van der Waals surface area (Å²) in [5, 5.41) is 0. The summed E-state index contributed by atoms with van der Waals surface area (Å²) < 4.78 is 0. The zero-order valence-electron chi connectivity index (χ0n) is 30.6. The molecule has 7 rings (SSSR count). The van der Waals surface area contributed by atoms with Crippen LogP contribution in [-0.4, -0.2) is 25.7 Å². The van der Waals surface area contributed by atoms with Crippen molar-refractivity contribution in [2.75, 3.05) is 0 Å². The average Bonchev–Trinajstić information content (AvgIpc) is 3.17. The second kappa shape index (κ2) is 13.9. The molecule has 2 aromatic heterocycles. The van der Waals surface area contributed by atoms with Crippen LogP contribution in [0.1, 0.15) is 68.6 Å². The van der Waals surface area contributed by atoms with Gasteiger partial charge in [-0.05, 0) is 45.2 Å². The molecular weight excluding hydrogens is 637 g/mol. The minimum absolute atomic E-state index is 0.0196. The number of ketones is 1. The van der Waals surface area contributed by atoms with Crippen molar-refractivity contribution in [1.82, 2.24) is 19.9 Å². The van der Waals surface area contributed by atoms with Crippen molar-refractivity contribution in [3.63, 3.8) is 0 Å². The van der Waals surface area contributed by atoms with Crippen molar-refractivity contribution in [1.29, 1.82) is 0 Å². The molecule has 0 saturated carbocycles. The Bertz CT molecular complexity index is 2240. The van der Waals surface area contributed by atoms with Gasteiger partial charge in [-0.2, -0.15) is 0 Å². The molecule has 5 nitrogen and oxygen atoms in total. The smallest absolute Gasteiger partial charge is 0.193 e. The number of carbonyl (C=O) groups is 1. The molecule has 0 aliphatic heterocycles. The highest BCUT2D eigenvalue weighted by atomic mass is 16.1. The van der Waals surface area contributed by atoms with Crippen LogP contribution in [0.2, 0.25) is 0 Å². The molecule has 0 fully saturated rings. The molecule has 0 aliphatic rings. The molecule has 0 radical (unpaired) electrons. The fraction of sp³-hybridized carbons (Fsp3) is 0.170. The number of nitrogens with zero attached hydrogens (tertiary/aromatic N) is 4. The van der Waals surface area contributed by atoms with Crippen LogP contribution in [0, 0.1) is 0 Å². The van der Waals surface area contributed by atoms with Gasteiger partial charge in [0, 0.05) is 39.6 Å². The van der Waals surface area contributed by atoms with Crippen LogP contribution in [0.15, 0.2) is 146 Å². The molecule has 0 N–H and O–H groups in total. The summed E-state index contributed by atoms with van der Waals surface area (Å²) in [5.41, 5.74) is 10.6. The van der Waals surface area contributed by atoms with E-state index in [1.165, 1.54) is 11.1 Å². The summed E-state index contributed by atoms with van der Waals surface area (Å²) in [7, 11) is 0. The van der Waals surface area contributed by atoms with Gasteiger partial charge in [-0.15, -0.1) is 0 Å². The van der Waals surface area contributed by atoms with E-state index in [2.05, 4.69) is 114 Å². The molecule has 0 bridgehead atoms. The Morgan fingerprint density at radius 2 is 0.788 bits per heavy atom. The summed E-state index contributed by atoms with van der Waals surface area (Å²) in [6, 6.07) is 46.4. The van der Waals surface area contributed by atoms with Gasteiger partial charge in [-0.1, -0.05) is 169 Å². The Balaban J connectivity index is 1.16. The minimum Gasteiger partial charge on any atom is -0.289 e. The van der Waals surface area contributed by atoms with Crippen LogP contribution in [0.3, 0.4) is 0 Å². The lowest BCUT2D eigenvalue weighted by atomic mass is 9.86. The largest absolute Gasteiger partial charge is 0.289 e. The van der Waals surface area contributed by atoms with Gasteiger partial charge >= 0.3 is 0 Å². The average molecular weight is 679 g/mol. The number of carbonyl (C=O) groups excluding carboxylic acids is 1. The molecule has 2 heterocycles. The second-order valence-electron chi connectivity index (χ2n) is 15.2. The molecule has 0 amide bonds. The van der Waals surface area contributed by atoms with E-state index in [0.717, 1.165) is 39.1 Å². The summed E-state index contributed by atoms with van der Waals surface area (Å²) >= 11 is 0. The first-order valence-corrected chi connectivity index (χ1v) is 17.7. The summed E-state index contributed by atoms with van der Waals surface area (Å²) in [4.78, 5) is 32.5. The lowest BCUT2D eigenvalue weighted by Gasteiger charge is -2.19. The standard InChI is InChI=1S/C47H42N4O/c1-46(2,3)39-25-20-36(21-26-39)43-49-44(37-22-27-40(28-23-37)47(4,5)6)51-45(50-43)38-24-29-41(48-30-38)33-16-12-31(13-17-33)32-14-18-35(19-15-32)42(52)34-10-8-7-9-11-34/h7-30H,1-6H3. The maximum atomic E-state index is 12.8. The molecule has 0 spiro atoms. The summed E-state index contributed by atoms with van der Waals surface area (Å²) in [6.45, 7) is 13.3. The Kier molecular flexibility index (Phi) is 9.20. The predicted molar refractivity (Wildman–Crippen MR) is 212 cm³/mol. The monoisotopic (exact) mass is 678 g/mol. The number of hydrogen-bond donors (Lipinski definition) is 0. The van der Waals surface area contributed by atoms with Crippen molar-refractivity contribution in [3.05, 3.63) is 168 Å². The molecule has 5 aromatic carbocycles. The van der Waals surface area contributed by atoms with E-state index in [4.69, 9.17) is 19.9 Å². The first-order valence-electron chi connectivity index (χ1n) is 17.7. The summed E-state index contributed by atoms with van der Waals surface area (Å²) in [6.07, 6.45) is 1.83. The van der Waals surface area contributed by atoms with Gasteiger partial charge in [-0.25, -0.2) is 15.0 Å². The third-order valence-corrected chi connectivity index (χ3v) is 9.37. The molecular formula is C47H42N4O. The topological polar surface area (TPSA) is 68.6 Å². The van der Waals surface area contributed by atoms with Crippen LogP contribution in [0.25, 0.3) is 56.5 Å². The van der Waals surface area contributed by atoms with Gasteiger partial charge in [0.2, 0.25) is 0 Å². The Morgan fingerprint density at radius 1 is 0.404 bits per heavy atom. The maximum Gasteiger partial charge on any atom is 0.193 e. The first-order chi connectivity index (χ1) is 24.9. The van der Waals surface area contributed by atoms with Crippen molar-refractivity contribution < 1.29 is 4.79 Å². The van der Waals surface area contributed by atoms with Crippen molar-refractivity contribution >= 4 is 5.78 Å². The normalized spacial score (nSPS) is 11.7. The highest BCUT2D eigenvalue weighted by Crippen LogP contribution is 2.31. The van der Waals surface area contributed by atoms with E-state index in [1.54, 1.807) is 0 Å². The number of pyridine rings is 1. The van der Waals surface area contributed by atoms with Crippen LogP contribution in [-0.2, 0) is 10.8 Å². The van der Waals surface area contributed by atoms with E-state index in [-0.39, 0.29) is 16.6 Å². The lowest BCUT2D eigenvalue weighted by Crippen LogP contribution is -2.10. The minimum atomic E-state index is 0.0196. The second-order valence-corrected chi connectivity index (χ2v) is 15.2. The van der Waals surface area contributed by atoms with Gasteiger partial charge in [-0.3, -0.25) is 9.78 Å². The molecule has 0 unspecified atom stereocenters. The van der Waals surface area contributed by atoms with Gasteiger partial charge < -0.3 is 0 Å². The zero-order valence-corrected chi connectivity index (χ0v) is 30.6. The van der Waals surface area contributed by atoms with Crippen LogP contribution in [0.5, 0.6) is 0 Å². The SMILES string of the molecule is CC(C)(C)c1ccc(-c2nc(-c3ccc(C(C)(C)C)cc3)nc(-c3ccc(-c4ccc(-c5ccc(C(=O)c6ccccc6)cc5)cc4)nc3)n2)cc1. The van der Waals surface area contributed by atoms with Crippen molar-refractivity contribution in [2.24, 2.45) is 0 Å². The third kappa shape index (κ3) is 7.50. The Labute approximate surface area is 306 Å². The van der Waals surface area contributed by atoms with E-state index in [9.17, 15) is 4.79 Å². The summed E-state index contributed by atoms with van der Waals surface area (Å²) in [5.74, 6) is 1.84. The molecule has 7 aromatic rings. The predicted octanol–water partition coefficient (Wildman–Crippen LogP) is 11.4. The molecule has 52 heavy (non-hydrogen) atoms. The molecule has 0 atom stereocenters. The zero-order chi connectivity index (χ0) is 36.5. The van der Waals surface area contributed by atoms with Gasteiger partial charge in [0.15, 0.2) is 23.3 Å². The number of benzene rings is 5. The van der Waals surface area contributed by atoms with Gasteiger partial charge in [0.05, 0.1) is 5.69 Å². The molecule has 0 saturated heterocycles. The quantitative estimate of drug-likeness (QED) is 0.157. The van der Waals surface area contributed by atoms with Crippen LogP contribution >= 0.6 is 0 Å². The first kappa shape index (κ1) is 34.4. The van der Waals surface area contributed by atoms with Crippen molar-refractivity contribution in [3.8, 4) is 56.5 Å². The van der Waals surface area contributed by atoms with E-state index >= 15 is 0 Å². The molecule has 0 aliphatic carbocycles. The highest BCUT2D eigenvalue weighted by molar-refractivity contribution is 6.09. The van der Waals surface area contributed by atoms with E-state index < -0.39 is 0 Å². The lowest BCUT2D eigenvalue weighted by molar-refractivity contribution is 0.103. The van der Waals surface area contributed by atoms with E-state index in [1.807, 2.05) is 72.9 Å². The van der Waals surface area contributed by atoms with E-state index in [0.29, 0.717) is 28.6 Å². The Morgan fingerprint density at radius 3 is 1.23 bits per heavy atom. The number of rotatable bonds is 7. The van der Waals surface area contributed by atoms with Crippen molar-refractivity contribution in [2.45, 2.75) is 52.4 Å². The van der Waals surface area contributed by atoms with Crippen LogP contribution in [0.4, 0.5) is 0 Å².